The van der Waals surface area contributed by atoms with Crippen molar-refractivity contribution in [1.29, 1.82) is 0 Å². The number of hydrogen-bond donors (Lipinski definition) is 0. The maximum atomic E-state index is 2.44. The summed E-state index contributed by atoms with van der Waals surface area (Å²) >= 11 is 0. The van der Waals surface area contributed by atoms with Crippen molar-refractivity contribution in [2.24, 2.45) is 0 Å². The lowest BCUT2D eigenvalue weighted by Gasteiger charge is -2.26. The van der Waals surface area contributed by atoms with E-state index in [9.17, 15) is 0 Å². The lowest BCUT2D eigenvalue weighted by atomic mass is 9.78. The normalized spacial score (nSPS) is 13.2. The highest BCUT2D eigenvalue weighted by Crippen LogP contribution is 2.50. The molecule has 424 valence electrons. The molecule has 0 N–H and O–H groups in total. The van der Waals surface area contributed by atoms with Crippen LogP contribution in [-0.4, -0.2) is 0 Å². The molecule has 0 unspecified atom stereocenters. The molecule has 0 saturated heterocycles. The van der Waals surface area contributed by atoms with Gasteiger partial charge in [0.05, 0.1) is 0 Å². The Kier molecular flexibility index (Phi) is 11.8. The molecule has 0 atom stereocenters. The molecular weight excluding hydrogens is 1070 g/mol. The fourth-order valence-corrected chi connectivity index (χ4v) is 15.3. The van der Waals surface area contributed by atoms with Gasteiger partial charge in [-0.1, -0.05) is 273 Å². The third-order valence-corrected chi connectivity index (χ3v) is 20.4. The van der Waals surface area contributed by atoms with Crippen molar-refractivity contribution < 1.29 is 0 Å². The Labute approximate surface area is 521 Å². The van der Waals surface area contributed by atoms with Crippen LogP contribution in [0.25, 0.3) is 153 Å². The molecule has 0 nitrogen and oxygen atoms in total. The van der Waals surface area contributed by atoms with Gasteiger partial charge in [-0.25, -0.2) is 0 Å². The van der Waals surface area contributed by atoms with E-state index in [0.717, 1.165) is 6.42 Å². The molecule has 16 aromatic rings. The molecule has 0 aliphatic heterocycles. The topological polar surface area (TPSA) is 0 Å². The summed E-state index contributed by atoms with van der Waals surface area (Å²) in [6.07, 6.45) is 0.937. The zero-order chi connectivity index (χ0) is 60.1. The summed E-state index contributed by atoms with van der Waals surface area (Å²) in [6, 6.07) is 104. The molecule has 16 aromatic carbocycles. The van der Waals surface area contributed by atoms with Crippen molar-refractivity contribution in [3.63, 3.8) is 0 Å². The molecule has 1 aliphatic rings. The molecule has 1 aliphatic carbocycles. The van der Waals surface area contributed by atoms with E-state index in [2.05, 4.69) is 321 Å². The van der Waals surface area contributed by atoms with Crippen LogP contribution in [0.4, 0.5) is 0 Å². The van der Waals surface area contributed by atoms with Crippen molar-refractivity contribution in [1.82, 2.24) is 0 Å². The number of rotatable bonds is 7. The second kappa shape index (κ2) is 19.7. The first-order valence-electron chi connectivity index (χ1n) is 31.8. The van der Waals surface area contributed by atoms with Crippen LogP contribution >= 0.6 is 0 Å². The average molecular weight is 1140 g/mol. The number of fused-ring (bicyclic) bond motifs is 16. The molecule has 0 amide bonds. The minimum atomic E-state index is -0.0850. The van der Waals surface area contributed by atoms with Gasteiger partial charge in [0.25, 0.3) is 0 Å². The van der Waals surface area contributed by atoms with Gasteiger partial charge in [0.2, 0.25) is 0 Å². The van der Waals surface area contributed by atoms with E-state index in [-0.39, 0.29) is 16.2 Å². The van der Waals surface area contributed by atoms with E-state index in [4.69, 9.17) is 0 Å². The smallest absolute Gasteiger partial charge is 0.0159 e. The third-order valence-electron chi connectivity index (χ3n) is 20.4. The average Bonchev–Trinajstić information content (AvgIpc) is 1.77. The van der Waals surface area contributed by atoms with E-state index in [1.807, 2.05) is 0 Å². The molecule has 89 heavy (non-hydrogen) atoms. The molecule has 0 heterocycles. The highest BCUT2D eigenvalue weighted by Gasteiger charge is 2.35. The van der Waals surface area contributed by atoms with Crippen LogP contribution in [0.3, 0.4) is 0 Å². The minimum Gasteiger partial charge on any atom is -0.0619 e. The van der Waals surface area contributed by atoms with Crippen LogP contribution in [0.15, 0.2) is 273 Å². The van der Waals surface area contributed by atoms with Gasteiger partial charge in [0.15, 0.2) is 0 Å². The van der Waals surface area contributed by atoms with Gasteiger partial charge in [-0.15, -0.1) is 0 Å². The monoisotopic (exact) mass is 1140 g/mol. The van der Waals surface area contributed by atoms with Gasteiger partial charge in [-0.3, -0.25) is 0 Å². The van der Waals surface area contributed by atoms with Crippen molar-refractivity contribution in [2.45, 2.75) is 71.1 Å². The Hall–Kier alpha value is -10.1. The van der Waals surface area contributed by atoms with Gasteiger partial charge in [0.1, 0.15) is 0 Å². The molecule has 0 aromatic heterocycles. The van der Waals surface area contributed by atoms with Crippen molar-refractivity contribution >= 4 is 97.0 Å². The molecule has 0 radical (unpaired) electrons. The zero-order valence-electron chi connectivity index (χ0n) is 51.7. The van der Waals surface area contributed by atoms with Crippen molar-refractivity contribution in [2.75, 3.05) is 0 Å². The molecule has 0 heteroatoms. The predicted octanol–water partition coefficient (Wildman–Crippen LogP) is 24.9. The van der Waals surface area contributed by atoms with Crippen LogP contribution in [0.1, 0.15) is 76.3 Å². The molecule has 0 fully saturated rings. The third kappa shape index (κ3) is 8.86. The quantitative estimate of drug-likeness (QED) is 0.140. The number of benzene rings is 16. The van der Waals surface area contributed by atoms with Crippen LogP contribution in [0.5, 0.6) is 0 Å². The lowest BCUT2D eigenvalue weighted by molar-refractivity contribution is 0.523. The Morgan fingerprint density at radius 2 is 0.584 bits per heavy atom. The van der Waals surface area contributed by atoms with Gasteiger partial charge >= 0.3 is 0 Å². The summed E-state index contributed by atoms with van der Waals surface area (Å²) in [7, 11) is 0. The standard InChI is InChI=1S/C89H68/c1-87(2,3)75-35-40-79-73(50-75)30-16-55-14-28-71-48-68(32-37-77(71)85(55)79)65-24-22-61-44-60(20-21-62(61)45-65)59-19-18-57-42-54(12-13-58(57)43-59)53-88(4,5)76-36-41-80-74(51-76)31-17-56-15-29-72-49-69(33-38-78(72)86(56)80)66-25-23-64-47-67(27-26-63(64)46-66)70-34-39-82-81-10-8-9-11-83(81)89(6,7)84(82)52-70/h8-52H,53H2,1-7H3. The fourth-order valence-electron chi connectivity index (χ4n) is 15.3. The zero-order valence-corrected chi connectivity index (χ0v) is 51.7. The summed E-state index contributed by atoms with van der Waals surface area (Å²) < 4.78 is 0. The van der Waals surface area contributed by atoms with E-state index < -0.39 is 0 Å². The van der Waals surface area contributed by atoms with E-state index in [1.165, 1.54) is 180 Å². The van der Waals surface area contributed by atoms with Crippen LogP contribution in [0, 0.1) is 0 Å². The molecule has 0 bridgehead atoms. The maximum absolute atomic E-state index is 2.44. The van der Waals surface area contributed by atoms with Gasteiger partial charge in [-0.2, -0.15) is 0 Å². The maximum Gasteiger partial charge on any atom is 0.0159 e. The fraction of sp³-hybridized carbons (Fsp3) is 0.124. The Bertz CT molecular complexity index is 5680. The van der Waals surface area contributed by atoms with E-state index >= 15 is 0 Å². The Morgan fingerprint density at radius 1 is 0.258 bits per heavy atom. The first kappa shape index (κ1) is 53.1. The van der Waals surface area contributed by atoms with Gasteiger partial charge in [0, 0.05) is 5.41 Å². The largest absolute Gasteiger partial charge is 0.0619 e. The Morgan fingerprint density at radius 3 is 1.06 bits per heavy atom. The van der Waals surface area contributed by atoms with Gasteiger partial charge < -0.3 is 0 Å². The second-order valence-corrected chi connectivity index (χ2v) is 27.9. The molecule has 17 rings (SSSR count). The first-order valence-corrected chi connectivity index (χ1v) is 31.8. The summed E-state index contributed by atoms with van der Waals surface area (Å²) in [5.74, 6) is 0. The SMILES string of the molecule is CC(C)(C)c1ccc2c(ccc3ccc4cc(-c5ccc6cc(-c7ccc8cc(CC(C)(C)c9ccc%10c(ccc%11ccc%12cc(-c%13ccc%14cc(-c%15ccc%16c(c%15)C(C)(C)c%15ccccc%15-%16)ccc%14c%13)ccc%12c%11%10)c9)ccc8c7)ccc6c5)ccc4c32)c1. The molecule has 0 spiro atoms. The molecule has 0 saturated carbocycles. The van der Waals surface area contributed by atoms with Crippen LogP contribution in [0.2, 0.25) is 0 Å². The predicted molar refractivity (Wildman–Crippen MR) is 385 cm³/mol. The van der Waals surface area contributed by atoms with E-state index in [1.54, 1.807) is 0 Å². The van der Waals surface area contributed by atoms with E-state index in [0.29, 0.717) is 0 Å². The summed E-state index contributed by atoms with van der Waals surface area (Å²) in [4.78, 5) is 0. The lowest BCUT2D eigenvalue weighted by Crippen LogP contribution is -2.20. The van der Waals surface area contributed by atoms with Crippen LogP contribution < -0.4 is 0 Å². The number of hydrogen-bond acceptors (Lipinski definition) is 0. The summed E-state index contributed by atoms with van der Waals surface area (Å²) in [6.45, 7) is 16.4. The van der Waals surface area contributed by atoms with Crippen LogP contribution in [-0.2, 0) is 22.7 Å². The first-order chi connectivity index (χ1) is 43.1. The van der Waals surface area contributed by atoms with Crippen molar-refractivity contribution in [3.8, 4) is 55.6 Å². The second-order valence-electron chi connectivity index (χ2n) is 27.9. The minimum absolute atomic E-state index is 0.0219. The summed E-state index contributed by atoms with van der Waals surface area (Å²) in [5, 5.41) is 23.1. The highest BCUT2D eigenvalue weighted by atomic mass is 14.4. The molecular formula is C89H68. The van der Waals surface area contributed by atoms with Crippen molar-refractivity contribution in [3.05, 3.63) is 301 Å². The Balaban J connectivity index is 0.598. The summed E-state index contributed by atoms with van der Waals surface area (Å²) in [5.41, 5.74) is 19.5. The van der Waals surface area contributed by atoms with Gasteiger partial charge in [-0.05, 0) is 246 Å². The highest BCUT2D eigenvalue weighted by molar-refractivity contribution is 6.22.